The second-order valence-electron chi connectivity index (χ2n) is 4.56. The summed E-state index contributed by atoms with van der Waals surface area (Å²) in [5.41, 5.74) is 0.997. The summed E-state index contributed by atoms with van der Waals surface area (Å²) in [6.07, 6.45) is 5.62. The van der Waals surface area contributed by atoms with Crippen LogP contribution in [0.15, 0.2) is 37.2 Å². The number of hydrogen-bond donors (Lipinski definition) is 2. The highest BCUT2D eigenvalue weighted by atomic mass is 16.2. The maximum absolute atomic E-state index is 11.8. The molecule has 100 valence electrons. The molecule has 0 radical (unpaired) electrons. The van der Waals surface area contributed by atoms with Crippen LogP contribution >= 0.6 is 0 Å². The Kier molecular flexibility index (Phi) is 4.28. The van der Waals surface area contributed by atoms with E-state index in [2.05, 4.69) is 22.2 Å². The molecule has 2 rings (SSSR count). The van der Waals surface area contributed by atoms with Crippen molar-refractivity contribution in [1.29, 1.82) is 0 Å². The lowest BCUT2D eigenvalue weighted by atomic mass is 10.2. The predicted molar refractivity (Wildman–Crippen MR) is 70.9 cm³/mol. The molecule has 5 nitrogen and oxygen atoms in total. The number of aromatic nitrogens is 1. The molecule has 1 aliphatic rings. The van der Waals surface area contributed by atoms with Gasteiger partial charge in [0.15, 0.2) is 0 Å². The van der Waals surface area contributed by atoms with Gasteiger partial charge in [-0.25, -0.2) is 0 Å². The minimum absolute atomic E-state index is 0.0597. The number of rotatable bonds is 6. The first-order chi connectivity index (χ1) is 9.22. The van der Waals surface area contributed by atoms with E-state index in [-0.39, 0.29) is 23.7 Å². The van der Waals surface area contributed by atoms with Crippen molar-refractivity contribution >= 4 is 11.8 Å². The van der Waals surface area contributed by atoms with Gasteiger partial charge in [-0.2, -0.15) is 0 Å². The molecule has 0 bridgehead atoms. The lowest BCUT2D eigenvalue weighted by Gasteiger charge is -2.05. The molecule has 2 amide bonds. The third kappa shape index (κ3) is 3.64. The number of carbonyl (C=O) groups is 2. The molecule has 1 aromatic rings. The highest BCUT2D eigenvalue weighted by Gasteiger charge is 2.47. The van der Waals surface area contributed by atoms with Crippen LogP contribution in [-0.2, 0) is 16.1 Å². The monoisotopic (exact) mass is 259 g/mol. The van der Waals surface area contributed by atoms with Gasteiger partial charge in [-0.1, -0.05) is 6.08 Å². The molecule has 0 saturated heterocycles. The van der Waals surface area contributed by atoms with Gasteiger partial charge in [-0.05, 0) is 24.1 Å². The quantitative estimate of drug-likeness (QED) is 0.736. The molecule has 0 aromatic carbocycles. The molecule has 2 atom stereocenters. The fourth-order valence-electron chi connectivity index (χ4n) is 1.90. The van der Waals surface area contributed by atoms with Crippen LogP contribution in [0.5, 0.6) is 0 Å². The van der Waals surface area contributed by atoms with E-state index < -0.39 is 0 Å². The topological polar surface area (TPSA) is 71.1 Å². The van der Waals surface area contributed by atoms with Gasteiger partial charge in [0.2, 0.25) is 11.8 Å². The number of hydrogen-bond acceptors (Lipinski definition) is 3. The third-order valence-electron chi connectivity index (χ3n) is 3.10. The maximum Gasteiger partial charge on any atom is 0.224 e. The summed E-state index contributed by atoms with van der Waals surface area (Å²) in [5, 5.41) is 5.54. The second-order valence-corrected chi connectivity index (χ2v) is 4.56. The van der Waals surface area contributed by atoms with E-state index in [0.29, 0.717) is 19.5 Å². The Morgan fingerprint density at radius 2 is 1.89 bits per heavy atom. The molecular weight excluding hydrogens is 242 g/mol. The van der Waals surface area contributed by atoms with Gasteiger partial charge in [0.1, 0.15) is 0 Å². The molecule has 1 saturated carbocycles. The molecular formula is C14H17N3O2. The van der Waals surface area contributed by atoms with Crippen LogP contribution in [0.1, 0.15) is 12.0 Å². The van der Waals surface area contributed by atoms with Crippen LogP contribution in [-0.4, -0.2) is 23.3 Å². The molecule has 2 N–H and O–H groups in total. The average molecular weight is 259 g/mol. The Hall–Kier alpha value is -2.17. The van der Waals surface area contributed by atoms with Crippen LogP contribution in [0.3, 0.4) is 0 Å². The van der Waals surface area contributed by atoms with Gasteiger partial charge >= 0.3 is 0 Å². The number of amides is 2. The highest BCUT2D eigenvalue weighted by molar-refractivity contribution is 5.92. The Balaban J connectivity index is 1.74. The van der Waals surface area contributed by atoms with Crippen molar-refractivity contribution in [2.45, 2.75) is 13.0 Å². The standard InChI is InChI=1S/C14H17N3O2/c1-2-5-16-13(18)11-8-12(11)14(19)17-9-10-3-6-15-7-4-10/h2-4,6-7,11-12H,1,5,8-9H2,(H,16,18)(H,17,19). The fraction of sp³-hybridized carbons (Fsp3) is 0.357. The second kappa shape index (κ2) is 6.13. The van der Waals surface area contributed by atoms with Crippen molar-refractivity contribution in [3.63, 3.8) is 0 Å². The first-order valence-electron chi connectivity index (χ1n) is 6.27. The number of carbonyl (C=O) groups excluding carboxylic acids is 2. The molecule has 0 aliphatic heterocycles. The van der Waals surface area contributed by atoms with E-state index in [1.165, 1.54) is 0 Å². The molecule has 2 unspecified atom stereocenters. The summed E-state index contributed by atoms with van der Waals surface area (Å²) in [6.45, 7) is 4.45. The maximum atomic E-state index is 11.8. The fourth-order valence-corrected chi connectivity index (χ4v) is 1.90. The van der Waals surface area contributed by atoms with E-state index in [9.17, 15) is 9.59 Å². The van der Waals surface area contributed by atoms with Gasteiger partial charge < -0.3 is 10.6 Å². The van der Waals surface area contributed by atoms with E-state index in [0.717, 1.165) is 5.56 Å². The Bertz CT molecular complexity index is 473. The molecule has 1 fully saturated rings. The summed E-state index contributed by atoms with van der Waals surface area (Å²) >= 11 is 0. The van der Waals surface area contributed by atoms with Gasteiger partial charge in [-0.15, -0.1) is 6.58 Å². The molecule has 19 heavy (non-hydrogen) atoms. The van der Waals surface area contributed by atoms with Crippen LogP contribution in [0.2, 0.25) is 0 Å². The third-order valence-corrected chi connectivity index (χ3v) is 3.10. The summed E-state index contributed by atoms with van der Waals surface area (Å²) in [4.78, 5) is 27.4. The summed E-state index contributed by atoms with van der Waals surface area (Å²) < 4.78 is 0. The van der Waals surface area contributed by atoms with Gasteiger partial charge in [-0.3, -0.25) is 14.6 Å². The van der Waals surface area contributed by atoms with Crippen molar-refractivity contribution in [3.05, 3.63) is 42.7 Å². The molecule has 1 heterocycles. The Labute approximate surface area is 112 Å². The minimum Gasteiger partial charge on any atom is -0.352 e. The average Bonchev–Trinajstić information content (AvgIpc) is 3.24. The van der Waals surface area contributed by atoms with Crippen molar-refractivity contribution in [1.82, 2.24) is 15.6 Å². The number of pyridine rings is 1. The predicted octanol–water partition coefficient (Wildman–Crippen LogP) is 0.636. The smallest absolute Gasteiger partial charge is 0.224 e. The van der Waals surface area contributed by atoms with Crippen molar-refractivity contribution < 1.29 is 9.59 Å². The van der Waals surface area contributed by atoms with E-state index in [1.54, 1.807) is 18.5 Å². The van der Waals surface area contributed by atoms with Crippen LogP contribution in [0.25, 0.3) is 0 Å². The van der Waals surface area contributed by atoms with Crippen molar-refractivity contribution in [2.24, 2.45) is 11.8 Å². The Morgan fingerprint density at radius 1 is 1.26 bits per heavy atom. The van der Waals surface area contributed by atoms with Gasteiger partial charge in [0, 0.05) is 25.5 Å². The summed E-state index contributed by atoms with van der Waals surface area (Å²) in [5.74, 6) is -0.497. The normalized spacial score (nSPS) is 20.4. The summed E-state index contributed by atoms with van der Waals surface area (Å²) in [6, 6.07) is 3.70. The lowest BCUT2D eigenvalue weighted by Crippen LogP contribution is -2.30. The molecule has 1 aromatic heterocycles. The first kappa shape index (κ1) is 13.3. The zero-order chi connectivity index (χ0) is 13.7. The van der Waals surface area contributed by atoms with E-state index in [4.69, 9.17) is 0 Å². The highest BCUT2D eigenvalue weighted by Crippen LogP contribution is 2.38. The molecule has 1 aliphatic carbocycles. The largest absolute Gasteiger partial charge is 0.352 e. The molecule has 5 heteroatoms. The zero-order valence-electron chi connectivity index (χ0n) is 10.6. The Morgan fingerprint density at radius 3 is 2.53 bits per heavy atom. The summed E-state index contributed by atoms with van der Waals surface area (Å²) in [7, 11) is 0. The van der Waals surface area contributed by atoms with Crippen molar-refractivity contribution in [3.8, 4) is 0 Å². The van der Waals surface area contributed by atoms with E-state index >= 15 is 0 Å². The van der Waals surface area contributed by atoms with Crippen molar-refractivity contribution in [2.75, 3.05) is 6.54 Å². The first-order valence-corrected chi connectivity index (χ1v) is 6.27. The van der Waals surface area contributed by atoms with Gasteiger partial charge in [0.25, 0.3) is 0 Å². The lowest BCUT2D eigenvalue weighted by molar-refractivity contribution is -0.127. The van der Waals surface area contributed by atoms with E-state index in [1.807, 2.05) is 12.1 Å². The van der Waals surface area contributed by atoms with Crippen LogP contribution in [0, 0.1) is 11.8 Å². The SMILES string of the molecule is C=CCNC(=O)C1CC1C(=O)NCc1ccncc1. The molecule has 0 spiro atoms. The zero-order valence-corrected chi connectivity index (χ0v) is 10.6. The van der Waals surface area contributed by atoms with Crippen LogP contribution in [0.4, 0.5) is 0 Å². The number of nitrogens with zero attached hydrogens (tertiary/aromatic N) is 1. The number of nitrogens with one attached hydrogen (secondary N) is 2. The van der Waals surface area contributed by atoms with Gasteiger partial charge in [0.05, 0.1) is 11.8 Å². The minimum atomic E-state index is -0.188. The van der Waals surface area contributed by atoms with Crippen LogP contribution < -0.4 is 10.6 Å².